The normalized spacial score (nSPS) is 14.6. The Morgan fingerprint density at radius 3 is 0.717 bits per heavy atom. The van der Waals surface area contributed by atoms with E-state index in [2.05, 4.69) is 55.4 Å². The molecule has 0 aromatic carbocycles. The fourth-order valence-corrected chi connectivity index (χ4v) is 13.8. The number of hydrogen-bond acceptors (Lipinski definition) is 15. The minimum Gasteiger partial charge on any atom is -0.462 e. The summed E-state index contributed by atoms with van der Waals surface area (Å²) >= 11 is 0. The maximum atomic E-state index is 13.1. The molecule has 0 amide bonds. The van der Waals surface area contributed by atoms with E-state index in [4.69, 9.17) is 37.0 Å². The Kier molecular flexibility index (Phi) is 67.8. The number of carbonyl (C=O) groups excluding carboxylic acids is 4. The highest BCUT2D eigenvalue weighted by atomic mass is 31.2. The summed E-state index contributed by atoms with van der Waals surface area (Å²) in [5.41, 5.74) is 0. The summed E-state index contributed by atoms with van der Waals surface area (Å²) in [4.78, 5) is 73.0. The first kappa shape index (κ1) is 97.1. The van der Waals surface area contributed by atoms with Crippen molar-refractivity contribution < 1.29 is 80.2 Å². The van der Waals surface area contributed by atoms with Crippen molar-refractivity contribution >= 4 is 39.5 Å². The SMILES string of the molecule is CCC(C)CCCCCCCCCCCCC(=O)O[C@H](COC(=O)CCCCCCCCC(C)CC)COP(=O)(O)OC[C@H](O)COP(=O)(O)OC[C@@H](COC(=O)CCCCCCCCCCCCCCCCC(C)C)OC(=O)CCCCCCCCCCCCCCCCCC(C)C. The van der Waals surface area contributed by atoms with Crippen LogP contribution < -0.4 is 0 Å². The Bertz CT molecular complexity index is 1940. The molecule has 0 heterocycles. The Morgan fingerprint density at radius 1 is 0.283 bits per heavy atom. The Labute approximate surface area is 607 Å². The molecule has 3 N–H and O–H groups in total. The summed E-state index contributed by atoms with van der Waals surface area (Å²) in [5.74, 6) is 1.02. The van der Waals surface area contributed by atoms with Gasteiger partial charge in [-0.2, -0.15) is 0 Å². The summed E-state index contributed by atoms with van der Waals surface area (Å²) in [7, 11) is -9.92. The van der Waals surface area contributed by atoms with Crippen molar-refractivity contribution in [2.24, 2.45) is 23.7 Å². The second-order valence-electron chi connectivity index (χ2n) is 30.2. The summed E-state index contributed by atoms with van der Waals surface area (Å²) < 4.78 is 68.7. The van der Waals surface area contributed by atoms with Gasteiger partial charge in [0.05, 0.1) is 26.4 Å². The number of phosphoric acid groups is 2. The minimum atomic E-state index is -4.96. The Balaban J connectivity index is 5.26. The van der Waals surface area contributed by atoms with Crippen molar-refractivity contribution in [3.05, 3.63) is 0 Å². The van der Waals surface area contributed by atoms with Crippen molar-refractivity contribution in [3.63, 3.8) is 0 Å². The van der Waals surface area contributed by atoms with E-state index in [-0.39, 0.29) is 25.7 Å². The third-order valence-electron chi connectivity index (χ3n) is 19.3. The average Bonchev–Trinajstić information content (AvgIpc) is 1.02. The highest BCUT2D eigenvalue weighted by Crippen LogP contribution is 2.45. The molecule has 0 rings (SSSR count). The fraction of sp³-hybridized carbons (Fsp3) is 0.950. The molecular formula is C80H156O17P2. The third kappa shape index (κ3) is 71.5. The van der Waals surface area contributed by atoms with Crippen LogP contribution in [0.15, 0.2) is 0 Å². The lowest BCUT2D eigenvalue weighted by atomic mass is 9.99. The average molecular weight is 1450 g/mol. The maximum absolute atomic E-state index is 13.1. The molecule has 0 bridgehead atoms. The summed E-state index contributed by atoms with van der Waals surface area (Å²) in [6, 6.07) is 0. The monoisotopic (exact) mass is 1450 g/mol. The van der Waals surface area contributed by atoms with Gasteiger partial charge in [-0.1, -0.05) is 357 Å². The molecule has 4 unspecified atom stereocenters. The number of hydrogen-bond donors (Lipinski definition) is 3. The molecule has 99 heavy (non-hydrogen) atoms. The maximum Gasteiger partial charge on any atom is 0.472 e. The molecule has 0 saturated heterocycles. The van der Waals surface area contributed by atoms with Gasteiger partial charge >= 0.3 is 39.5 Å². The lowest BCUT2D eigenvalue weighted by Gasteiger charge is -2.21. The first-order chi connectivity index (χ1) is 47.7. The Morgan fingerprint density at radius 2 is 0.485 bits per heavy atom. The van der Waals surface area contributed by atoms with Gasteiger partial charge in [0.25, 0.3) is 0 Å². The highest BCUT2D eigenvalue weighted by molar-refractivity contribution is 7.47. The van der Waals surface area contributed by atoms with Gasteiger partial charge in [-0.3, -0.25) is 37.3 Å². The van der Waals surface area contributed by atoms with Crippen LogP contribution in [-0.4, -0.2) is 96.7 Å². The van der Waals surface area contributed by atoms with Crippen LogP contribution in [0.4, 0.5) is 0 Å². The van der Waals surface area contributed by atoms with E-state index in [1.165, 1.54) is 205 Å². The van der Waals surface area contributed by atoms with Crippen LogP contribution in [0.2, 0.25) is 0 Å². The van der Waals surface area contributed by atoms with Gasteiger partial charge in [0.15, 0.2) is 12.2 Å². The first-order valence-electron chi connectivity index (χ1n) is 41.3. The van der Waals surface area contributed by atoms with Crippen LogP contribution in [0.3, 0.4) is 0 Å². The first-order valence-corrected chi connectivity index (χ1v) is 44.3. The van der Waals surface area contributed by atoms with Crippen LogP contribution >= 0.6 is 15.6 Å². The number of rotatable bonds is 77. The van der Waals surface area contributed by atoms with E-state index in [1.54, 1.807) is 0 Å². The van der Waals surface area contributed by atoms with Gasteiger partial charge < -0.3 is 33.8 Å². The van der Waals surface area contributed by atoms with E-state index >= 15 is 0 Å². The van der Waals surface area contributed by atoms with E-state index in [1.807, 2.05) is 0 Å². The second kappa shape index (κ2) is 69.1. The highest BCUT2D eigenvalue weighted by Gasteiger charge is 2.30. The predicted molar refractivity (Wildman–Crippen MR) is 404 cm³/mol. The Hall–Kier alpha value is -1.94. The minimum absolute atomic E-state index is 0.105. The van der Waals surface area contributed by atoms with Crippen molar-refractivity contribution in [2.45, 2.75) is 427 Å². The molecule has 0 radical (unpaired) electrons. The number of phosphoric ester groups is 2. The molecule has 588 valence electrons. The largest absolute Gasteiger partial charge is 0.472 e. The van der Waals surface area contributed by atoms with Crippen LogP contribution in [0, 0.1) is 23.7 Å². The third-order valence-corrected chi connectivity index (χ3v) is 21.2. The fourth-order valence-electron chi connectivity index (χ4n) is 12.2. The number of unbranched alkanes of at least 4 members (excludes halogenated alkanes) is 41. The quantitative estimate of drug-likeness (QED) is 0.0222. The van der Waals surface area contributed by atoms with Crippen LogP contribution in [-0.2, 0) is 65.4 Å². The van der Waals surface area contributed by atoms with Gasteiger partial charge in [-0.15, -0.1) is 0 Å². The van der Waals surface area contributed by atoms with Crippen LogP contribution in [0.1, 0.15) is 409 Å². The zero-order valence-electron chi connectivity index (χ0n) is 65.1. The van der Waals surface area contributed by atoms with Gasteiger partial charge in [0.2, 0.25) is 0 Å². The van der Waals surface area contributed by atoms with E-state index in [0.717, 1.165) is 120 Å². The van der Waals surface area contributed by atoms with Gasteiger partial charge in [0.1, 0.15) is 19.3 Å². The molecule has 0 fully saturated rings. The molecule has 0 aliphatic carbocycles. The number of ether oxygens (including phenoxy) is 4. The van der Waals surface area contributed by atoms with Crippen molar-refractivity contribution in [3.8, 4) is 0 Å². The van der Waals surface area contributed by atoms with Gasteiger partial charge in [-0.05, 0) is 49.4 Å². The van der Waals surface area contributed by atoms with E-state index in [9.17, 15) is 43.2 Å². The summed E-state index contributed by atoms with van der Waals surface area (Å²) in [6.45, 7) is 14.3. The number of esters is 4. The summed E-state index contributed by atoms with van der Waals surface area (Å²) in [5, 5.41) is 10.6. The van der Waals surface area contributed by atoms with Gasteiger partial charge in [0, 0.05) is 25.7 Å². The molecule has 0 aromatic rings. The smallest absolute Gasteiger partial charge is 0.462 e. The lowest BCUT2D eigenvalue weighted by molar-refractivity contribution is -0.161. The molecule has 0 spiro atoms. The van der Waals surface area contributed by atoms with E-state index < -0.39 is 97.5 Å². The lowest BCUT2D eigenvalue weighted by Crippen LogP contribution is -2.30. The summed E-state index contributed by atoms with van der Waals surface area (Å²) in [6.07, 6.45) is 55.4. The number of aliphatic hydroxyl groups is 1. The topological polar surface area (TPSA) is 237 Å². The molecule has 7 atom stereocenters. The molecule has 0 saturated carbocycles. The second-order valence-corrected chi connectivity index (χ2v) is 33.1. The van der Waals surface area contributed by atoms with E-state index in [0.29, 0.717) is 25.7 Å². The van der Waals surface area contributed by atoms with Crippen LogP contribution in [0.5, 0.6) is 0 Å². The molecule has 0 aromatic heterocycles. The van der Waals surface area contributed by atoms with Crippen LogP contribution in [0.25, 0.3) is 0 Å². The molecule has 0 aliphatic rings. The molecule has 19 heteroatoms. The standard InChI is InChI=1S/C80H156O17P2/c1-9-72(7)58-50-42-34-28-24-25-31-37-47-55-63-80(85)97-76(67-91-78(83)61-53-45-39-38-43-51-59-73(8)10-2)69-95-99(88,89)93-65-74(81)64-92-98(86,87)94-68-75(66-90-77(82)60-52-44-35-29-22-18-15-14-17-21-27-33-41-49-57-71(5)6)96-79(84)62-54-46-36-30-23-19-13-11-12-16-20-26-32-40-48-56-70(3)4/h70-76,81H,9-69H2,1-8H3,(H,86,87)(H,88,89)/t72?,73?,74-,75-,76-/m1/s1. The molecule has 17 nitrogen and oxygen atoms in total. The van der Waals surface area contributed by atoms with Crippen molar-refractivity contribution in [2.75, 3.05) is 39.6 Å². The molecular weight excluding hydrogens is 1290 g/mol. The van der Waals surface area contributed by atoms with Gasteiger partial charge in [-0.25, -0.2) is 9.13 Å². The zero-order chi connectivity index (χ0) is 73.1. The van der Waals surface area contributed by atoms with Crippen molar-refractivity contribution in [1.29, 1.82) is 0 Å². The molecule has 0 aliphatic heterocycles. The number of aliphatic hydroxyl groups excluding tert-OH is 1. The zero-order valence-corrected chi connectivity index (χ0v) is 66.9. The van der Waals surface area contributed by atoms with Crippen molar-refractivity contribution in [1.82, 2.24) is 0 Å². The predicted octanol–water partition coefficient (Wildman–Crippen LogP) is 23.6. The number of carbonyl (C=O) groups is 4.